The maximum absolute atomic E-state index is 13.3. The van der Waals surface area contributed by atoms with Gasteiger partial charge in [-0.1, -0.05) is 11.6 Å². The van der Waals surface area contributed by atoms with Gasteiger partial charge in [-0.05, 0) is 25.0 Å². The molecule has 3 nitrogen and oxygen atoms in total. The van der Waals surface area contributed by atoms with Gasteiger partial charge in [0.25, 0.3) is 0 Å². The molecule has 1 N–H and O–H groups in total. The van der Waals surface area contributed by atoms with E-state index in [1.807, 2.05) is 0 Å². The van der Waals surface area contributed by atoms with E-state index in [0.717, 1.165) is 30.9 Å². The summed E-state index contributed by atoms with van der Waals surface area (Å²) < 4.78 is 13.3. The van der Waals surface area contributed by atoms with Crippen LogP contribution in [0.3, 0.4) is 0 Å². The third kappa shape index (κ3) is 1.40. The minimum Gasteiger partial charge on any atom is -0.348 e. The van der Waals surface area contributed by atoms with E-state index in [0.29, 0.717) is 12.1 Å². The highest BCUT2D eigenvalue weighted by Gasteiger charge is 2.36. The summed E-state index contributed by atoms with van der Waals surface area (Å²) >= 11 is 5.74. The highest BCUT2D eigenvalue weighted by Crippen LogP contribution is 2.35. The van der Waals surface area contributed by atoms with Gasteiger partial charge in [-0.3, -0.25) is 0 Å². The molecule has 1 aromatic rings. The van der Waals surface area contributed by atoms with Crippen LogP contribution in [0, 0.1) is 5.82 Å². The van der Waals surface area contributed by atoms with Gasteiger partial charge in [0.1, 0.15) is 5.82 Å². The summed E-state index contributed by atoms with van der Waals surface area (Å²) in [6.45, 7) is 4.01. The van der Waals surface area contributed by atoms with Gasteiger partial charge in [-0.2, -0.15) is 0 Å². The van der Waals surface area contributed by atoms with Crippen LogP contribution in [0.4, 0.5) is 10.2 Å². The van der Waals surface area contributed by atoms with Crippen LogP contribution in [0.15, 0.2) is 6.07 Å². The maximum atomic E-state index is 13.3. The number of pyridine rings is 1. The van der Waals surface area contributed by atoms with Crippen molar-refractivity contribution >= 4 is 17.4 Å². The van der Waals surface area contributed by atoms with Crippen molar-refractivity contribution in [1.82, 2.24) is 10.3 Å². The van der Waals surface area contributed by atoms with E-state index in [-0.39, 0.29) is 5.15 Å². The molecule has 0 unspecified atom stereocenters. The molecule has 5 heteroatoms. The number of nitrogens with zero attached hydrogens (tertiary/aromatic N) is 2. The molecule has 2 aliphatic rings. The Kier molecular flexibility index (Phi) is 2.30. The number of rotatable bonds is 0. The lowest BCUT2D eigenvalue weighted by molar-refractivity contribution is 0.428. The molecule has 0 bridgehead atoms. The monoisotopic (exact) mass is 241 g/mol. The Labute approximate surface area is 98.6 Å². The van der Waals surface area contributed by atoms with E-state index in [2.05, 4.69) is 22.1 Å². The molecule has 3 heterocycles. The van der Waals surface area contributed by atoms with E-state index in [9.17, 15) is 4.39 Å². The number of nitrogens with one attached hydrogen (secondary N) is 1. The van der Waals surface area contributed by atoms with Crippen LogP contribution >= 0.6 is 11.6 Å². The lowest BCUT2D eigenvalue weighted by Crippen LogP contribution is -2.55. The molecule has 0 radical (unpaired) electrons. The van der Waals surface area contributed by atoms with Crippen molar-refractivity contribution in [2.45, 2.75) is 25.4 Å². The second kappa shape index (κ2) is 3.57. The van der Waals surface area contributed by atoms with Crippen LogP contribution in [-0.4, -0.2) is 30.2 Å². The Bertz CT molecular complexity index is 437. The zero-order valence-corrected chi connectivity index (χ0v) is 9.76. The van der Waals surface area contributed by atoms with Crippen molar-refractivity contribution in [2.24, 2.45) is 0 Å². The minimum atomic E-state index is -0.416. The molecule has 0 aliphatic carbocycles. The Morgan fingerprint density at radius 3 is 3.19 bits per heavy atom. The van der Waals surface area contributed by atoms with Crippen molar-refractivity contribution in [1.29, 1.82) is 0 Å². The molecule has 0 amide bonds. The summed E-state index contributed by atoms with van der Waals surface area (Å²) in [6, 6.07) is 2.30. The number of fused-ring (bicyclic) bond motifs is 3. The van der Waals surface area contributed by atoms with E-state index in [1.54, 1.807) is 0 Å². The molecule has 2 atom stereocenters. The van der Waals surface area contributed by atoms with E-state index < -0.39 is 5.82 Å². The largest absolute Gasteiger partial charge is 0.348 e. The average Bonchev–Trinajstić information content (AvgIpc) is 2.58. The summed E-state index contributed by atoms with van der Waals surface area (Å²) in [5.74, 6) is 0.450. The molecule has 2 aliphatic heterocycles. The minimum absolute atomic E-state index is 0.0230. The molecule has 0 aromatic carbocycles. The molecule has 3 rings (SSSR count). The van der Waals surface area contributed by atoms with E-state index in [1.165, 1.54) is 6.07 Å². The molecular formula is C11H13ClFN3. The zero-order chi connectivity index (χ0) is 11.3. The summed E-state index contributed by atoms with van der Waals surface area (Å²) in [4.78, 5) is 6.44. The normalized spacial score (nSPS) is 27.8. The van der Waals surface area contributed by atoms with Gasteiger partial charge in [0.2, 0.25) is 0 Å². The van der Waals surface area contributed by atoms with Gasteiger partial charge in [0.15, 0.2) is 11.0 Å². The third-order valence-electron chi connectivity index (χ3n) is 3.38. The Hall–Kier alpha value is -0.870. The van der Waals surface area contributed by atoms with Gasteiger partial charge >= 0.3 is 0 Å². The predicted octanol–water partition coefficient (Wildman–Crippen LogP) is 1.60. The standard InChI is InChI=1S/C11H13ClFN3/c1-6-4-14-5-8-2-7-3-9(13)10(12)15-11(7)16(6)8/h3,6,8,14H,2,4-5H2,1H3/t6-,8-/m1/s1. The van der Waals surface area contributed by atoms with Crippen LogP contribution in [-0.2, 0) is 6.42 Å². The molecule has 1 fully saturated rings. The van der Waals surface area contributed by atoms with Gasteiger partial charge in [-0.25, -0.2) is 9.37 Å². The molecule has 86 valence electrons. The number of piperazine rings is 1. The fraction of sp³-hybridized carbons (Fsp3) is 0.545. The van der Waals surface area contributed by atoms with Crippen LogP contribution in [0.25, 0.3) is 0 Å². The fourth-order valence-electron chi connectivity index (χ4n) is 2.69. The topological polar surface area (TPSA) is 28.2 Å². The molecule has 1 saturated heterocycles. The van der Waals surface area contributed by atoms with Gasteiger partial charge in [0.05, 0.1) is 0 Å². The number of hydrogen-bond acceptors (Lipinski definition) is 3. The van der Waals surface area contributed by atoms with E-state index in [4.69, 9.17) is 11.6 Å². The highest BCUT2D eigenvalue weighted by atomic mass is 35.5. The molecular weight excluding hydrogens is 229 g/mol. The molecule has 0 spiro atoms. The number of aromatic nitrogens is 1. The second-order valence-electron chi connectivity index (χ2n) is 4.52. The van der Waals surface area contributed by atoms with Gasteiger partial charge in [-0.15, -0.1) is 0 Å². The van der Waals surface area contributed by atoms with Crippen molar-refractivity contribution in [3.63, 3.8) is 0 Å². The quantitative estimate of drug-likeness (QED) is 0.700. The zero-order valence-electron chi connectivity index (χ0n) is 9.00. The summed E-state index contributed by atoms with van der Waals surface area (Å²) in [5.41, 5.74) is 0.974. The Balaban J connectivity index is 2.06. The first kappa shape index (κ1) is 10.3. The van der Waals surface area contributed by atoms with Crippen molar-refractivity contribution in [2.75, 3.05) is 18.0 Å². The summed E-state index contributed by atoms with van der Waals surface area (Å²) in [6.07, 6.45) is 0.855. The van der Waals surface area contributed by atoms with Gasteiger partial charge < -0.3 is 10.2 Å². The third-order valence-corrected chi connectivity index (χ3v) is 3.64. The first-order valence-electron chi connectivity index (χ1n) is 5.51. The SMILES string of the molecule is C[C@@H]1CNC[C@H]2Cc3cc(F)c(Cl)nc3N21. The van der Waals surface area contributed by atoms with Crippen LogP contribution in [0.2, 0.25) is 5.15 Å². The molecule has 16 heavy (non-hydrogen) atoms. The fourth-order valence-corrected chi connectivity index (χ4v) is 2.83. The smallest absolute Gasteiger partial charge is 0.167 e. The first-order valence-corrected chi connectivity index (χ1v) is 5.88. The average molecular weight is 242 g/mol. The van der Waals surface area contributed by atoms with Crippen LogP contribution in [0.5, 0.6) is 0 Å². The van der Waals surface area contributed by atoms with Crippen molar-refractivity contribution in [3.05, 3.63) is 22.6 Å². The highest BCUT2D eigenvalue weighted by molar-refractivity contribution is 6.29. The van der Waals surface area contributed by atoms with Crippen LogP contribution < -0.4 is 10.2 Å². The first-order chi connectivity index (χ1) is 7.66. The summed E-state index contributed by atoms with van der Waals surface area (Å²) in [7, 11) is 0. The molecule has 0 saturated carbocycles. The van der Waals surface area contributed by atoms with Crippen LogP contribution in [0.1, 0.15) is 12.5 Å². The second-order valence-corrected chi connectivity index (χ2v) is 4.87. The molecule has 1 aromatic heterocycles. The number of hydrogen-bond donors (Lipinski definition) is 1. The van der Waals surface area contributed by atoms with E-state index >= 15 is 0 Å². The maximum Gasteiger partial charge on any atom is 0.167 e. The number of halogens is 2. The lowest BCUT2D eigenvalue weighted by Gasteiger charge is -2.37. The predicted molar refractivity (Wildman–Crippen MR) is 61.5 cm³/mol. The lowest BCUT2D eigenvalue weighted by atomic mass is 10.1. The Morgan fingerprint density at radius 1 is 1.56 bits per heavy atom. The summed E-state index contributed by atoms with van der Waals surface area (Å²) in [5, 5.41) is 3.35. The van der Waals surface area contributed by atoms with Crippen molar-refractivity contribution < 1.29 is 4.39 Å². The van der Waals surface area contributed by atoms with Crippen molar-refractivity contribution in [3.8, 4) is 0 Å². The number of anilines is 1. The van der Waals surface area contributed by atoms with Gasteiger partial charge in [0, 0.05) is 25.2 Å². The Morgan fingerprint density at radius 2 is 2.38 bits per heavy atom.